The second-order valence-electron chi connectivity index (χ2n) is 9.39. The maximum Gasteiger partial charge on any atom is 0.222 e. The van der Waals surface area contributed by atoms with Gasteiger partial charge in [0, 0.05) is 18.0 Å². The van der Waals surface area contributed by atoms with Gasteiger partial charge < -0.3 is 16.2 Å². The zero-order chi connectivity index (χ0) is 22.5. The van der Waals surface area contributed by atoms with Crippen LogP contribution in [0.1, 0.15) is 43.2 Å². The molecule has 33 heavy (non-hydrogen) atoms. The molecule has 0 spiro atoms. The average Bonchev–Trinajstić information content (AvgIpc) is 3.20. The Kier molecular flexibility index (Phi) is 4.84. The molecule has 6 heteroatoms. The van der Waals surface area contributed by atoms with Crippen LogP contribution in [0.5, 0.6) is 5.75 Å². The molecule has 2 aliphatic rings. The number of nitrogens with two attached hydrogens (primary N) is 2. The van der Waals surface area contributed by atoms with E-state index in [4.69, 9.17) is 16.2 Å². The summed E-state index contributed by atoms with van der Waals surface area (Å²) >= 11 is 0. The van der Waals surface area contributed by atoms with Gasteiger partial charge in [-0.3, -0.25) is 4.90 Å². The first kappa shape index (κ1) is 20.2. The topological polar surface area (TPSA) is 90.3 Å². The minimum absolute atomic E-state index is 0.179. The second-order valence-corrected chi connectivity index (χ2v) is 9.39. The zero-order valence-electron chi connectivity index (χ0n) is 19.0. The molecule has 1 fully saturated rings. The number of piperidine rings is 1. The quantitative estimate of drug-likeness (QED) is 0.462. The molecule has 6 rings (SSSR count). The van der Waals surface area contributed by atoms with E-state index < -0.39 is 0 Å². The lowest BCUT2D eigenvalue weighted by Gasteiger charge is -2.27. The third kappa shape index (κ3) is 3.37. The summed E-state index contributed by atoms with van der Waals surface area (Å²) in [5.41, 5.74) is 17.8. The highest BCUT2D eigenvalue weighted by atomic mass is 16.5. The van der Waals surface area contributed by atoms with Crippen LogP contribution in [0.15, 0.2) is 42.5 Å². The van der Waals surface area contributed by atoms with E-state index >= 15 is 0 Å². The third-order valence-electron chi connectivity index (χ3n) is 7.14. The molecule has 0 saturated carbocycles. The van der Waals surface area contributed by atoms with Crippen molar-refractivity contribution in [2.45, 2.75) is 38.6 Å². The monoisotopic (exact) mass is 439 g/mol. The molecule has 4 aromatic rings. The minimum atomic E-state index is 0.179. The maximum absolute atomic E-state index is 6.25. The summed E-state index contributed by atoms with van der Waals surface area (Å²) in [7, 11) is 0. The number of hydrogen-bond donors (Lipinski definition) is 2. The molecule has 168 valence electrons. The normalized spacial score (nSPS) is 18.5. The summed E-state index contributed by atoms with van der Waals surface area (Å²) in [5.74, 6) is 1.60. The Hall–Kier alpha value is -3.38. The lowest BCUT2D eigenvalue weighted by molar-refractivity contribution is 0.221. The molecule has 6 nitrogen and oxygen atoms in total. The average molecular weight is 440 g/mol. The number of ether oxygens (including phenoxy) is 1. The number of benzene rings is 3. The van der Waals surface area contributed by atoms with Crippen molar-refractivity contribution in [1.82, 2.24) is 14.9 Å². The number of hydrogen-bond acceptors (Lipinski definition) is 6. The van der Waals surface area contributed by atoms with Crippen molar-refractivity contribution in [3.63, 3.8) is 0 Å². The zero-order valence-corrected chi connectivity index (χ0v) is 19.0. The van der Waals surface area contributed by atoms with Gasteiger partial charge in [-0.05, 0) is 59.5 Å². The Labute approximate surface area is 193 Å². The lowest BCUT2D eigenvalue weighted by atomic mass is 9.87. The van der Waals surface area contributed by atoms with Gasteiger partial charge in [-0.2, -0.15) is 4.98 Å². The predicted molar refractivity (Wildman–Crippen MR) is 134 cm³/mol. The van der Waals surface area contributed by atoms with Gasteiger partial charge in [0.05, 0.1) is 17.5 Å². The summed E-state index contributed by atoms with van der Waals surface area (Å²) in [4.78, 5) is 11.3. The van der Waals surface area contributed by atoms with Crippen molar-refractivity contribution < 1.29 is 4.74 Å². The van der Waals surface area contributed by atoms with E-state index in [1.807, 2.05) is 0 Å². The molecule has 2 aliphatic heterocycles. The molecule has 0 bridgehead atoms. The second kappa shape index (κ2) is 7.89. The van der Waals surface area contributed by atoms with Gasteiger partial charge >= 0.3 is 0 Å². The molecule has 1 unspecified atom stereocenters. The first-order chi connectivity index (χ1) is 16.1. The molecular weight excluding hydrogens is 410 g/mol. The number of anilines is 2. The fourth-order valence-electron chi connectivity index (χ4n) is 5.57. The van der Waals surface area contributed by atoms with Crippen LogP contribution in [0.2, 0.25) is 0 Å². The van der Waals surface area contributed by atoms with Crippen LogP contribution in [-0.2, 0) is 6.54 Å². The van der Waals surface area contributed by atoms with Gasteiger partial charge in [0.25, 0.3) is 0 Å². The number of rotatable bonds is 3. The van der Waals surface area contributed by atoms with Crippen molar-refractivity contribution in [3.8, 4) is 16.9 Å². The molecule has 4 N–H and O–H groups in total. The molecule has 0 radical (unpaired) electrons. The van der Waals surface area contributed by atoms with E-state index in [1.54, 1.807) is 0 Å². The number of nitrogen functional groups attached to an aromatic ring is 2. The van der Waals surface area contributed by atoms with Gasteiger partial charge in [-0.1, -0.05) is 49.7 Å². The number of fused-ring (bicyclic) bond motifs is 4. The number of nitrogens with zero attached hydrogens (tertiary/aromatic N) is 3. The summed E-state index contributed by atoms with van der Waals surface area (Å²) in [6.45, 7) is 6.19. The van der Waals surface area contributed by atoms with E-state index in [9.17, 15) is 0 Å². The highest BCUT2D eigenvalue weighted by Crippen LogP contribution is 2.48. The number of aromatic nitrogens is 2. The molecule has 0 aliphatic carbocycles. The number of likely N-dealkylation sites (tertiary alicyclic amines) is 1. The largest absolute Gasteiger partial charge is 0.492 e. The van der Waals surface area contributed by atoms with E-state index in [-0.39, 0.29) is 11.9 Å². The van der Waals surface area contributed by atoms with E-state index in [0.717, 1.165) is 28.8 Å². The molecular formula is C27H29N5O. The summed E-state index contributed by atoms with van der Waals surface area (Å²) in [6, 6.07) is 15.4. The Bertz CT molecular complexity index is 1380. The van der Waals surface area contributed by atoms with E-state index in [0.29, 0.717) is 12.4 Å². The smallest absolute Gasteiger partial charge is 0.222 e. The first-order valence-corrected chi connectivity index (χ1v) is 11.9. The van der Waals surface area contributed by atoms with Gasteiger partial charge in [-0.25, -0.2) is 4.98 Å². The van der Waals surface area contributed by atoms with Gasteiger partial charge in [0.2, 0.25) is 5.95 Å². The minimum Gasteiger partial charge on any atom is -0.492 e. The Morgan fingerprint density at radius 2 is 1.76 bits per heavy atom. The van der Waals surface area contributed by atoms with Crippen LogP contribution in [0, 0.1) is 0 Å². The molecule has 1 saturated heterocycles. The van der Waals surface area contributed by atoms with Crippen LogP contribution in [0.25, 0.3) is 32.8 Å². The summed E-state index contributed by atoms with van der Waals surface area (Å²) in [6.07, 6.45) is 3.94. The Morgan fingerprint density at radius 1 is 0.970 bits per heavy atom. The predicted octanol–water partition coefficient (Wildman–Crippen LogP) is 5.10. The third-order valence-corrected chi connectivity index (χ3v) is 7.14. The van der Waals surface area contributed by atoms with Crippen LogP contribution in [0.3, 0.4) is 0 Å². The van der Waals surface area contributed by atoms with E-state index in [1.165, 1.54) is 59.8 Å². The van der Waals surface area contributed by atoms with Crippen LogP contribution in [0.4, 0.5) is 11.8 Å². The fraction of sp³-hybridized carbons (Fsp3) is 0.333. The maximum atomic E-state index is 6.25. The molecule has 0 amide bonds. The Balaban J connectivity index is 1.56. The van der Waals surface area contributed by atoms with Crippen molar-refractivity contribution in [2.75, 3.05) is 31.2 Å². The highest BCUT2D eigenvalue weighted by Gasteiger charge is 2.29. The Morgan fingerprint density at radius 3 is 2.58 bits per heavy atom. The van der Waals surface area contributed by atoms with Crippen LogP contribution >= 0.6 is 0 Å². The molecule has 1 aromatic heterocycles. The highest BCUT2D eigenvalue weighted by molar-refractivity contribution is 6.05. The summed E-state index contributed by atoms with van der Waals surface area (Å²) in [5, 5.41) is 3.32. The standard InChI is InChI=1S/C27H29N5O/c1-16-15-33-25-23(16)21(13-22-24(25)26(28)31-27(29)30-22)20-10-9-17(14-32-11-5-2-6-12-32)18-7-3-4-8-19(18)20/h3-4,7-10,13,16H,2,5-6,11-12,14-15H2,1H3,(H4,28,29,30,31). The molecule has 3 heterocycles. The summed E-state index contributed by atoms with van der Waals surface area (Å²) < 4.78 is 6.14. The van der Waals surface area contributed by atoms with E-state index in [2.05, 4.69) is 64.3 Å². The van der Waals surface area contributed by atoms with Crippen molar-refractivity contribution >= 4 is 33.4 Å². The van der Waals surface area contributed by atoms with Gasteiger partial charge in [0.15, 0.2) is 0 Å². The SMILES string of the molecule is CC1COc2c1c(-c1ccc(CN3CCCCC3)c3ccccc13)cc1nc(N)nc(N)c21. The fourth-order valence-corrected chi connectivity index (χ4v) is 5.57. The van der Waals surface area contributed by atoms with Crippen molar-refractivity contribution in [1.29, 1.82) is 0 Å². The molecule has 1 atom stereocenters. The molecule has 3 aromatic carbocycles. The van der Waals surface area contributed by atoms with Crippen LogP contribution < -0.4 is 16.2 Å². The van der Waals surface area contributed by atoms with Crippen LogP contribution in [-0.4, -0.2) is 34.6 Å². The van der Waals surface area contributed by atoms with Gasteiger partial charge in [0.1, 0.15) is 11.6 Å². The van der Waals surface area contributed by atoms with Crippen molar-refractivity contribution in [2.24, 2.45) is 0 Å². The lowest BCUT2D eigenvalue weighted by Crippen LogP contribution is -2.29. The first-order valence-electron chi connectivity index (χ1n) is 11.9. The van der Waals surface area contributed by atoms with Crippen molar-refractivity contribution in [3.05, 3.63) is 53.6 Å². The van der Waals surface area contributed by atoms with Gasteiger partial charge in [-0.15, -0.1) is 0 Å².